The molecule has 0 bridgehead atoms. The van der Waals surface area contributed by atoms with Gasteiger partial charge in [-0.25, -0.2) is 0 Å². The van der Waals surface area contributed by atoms with E-state index in [9.17, 15) is 4.79 Å². The SMILES string of the molecule is CC(C)CCN1CCOC(CC(=O)O)C1. The topological polar surface area (TPSA) is 49.8 Å². The Morgan fingerprint density at radius 1 is 1.60 bits per heavy atom. The zero-order valence-corrected chi connectivity index (χ0v) is 9.61. The van der Waals surface area contributed by atoms with Gasteiger partial charge in [-0.15, -0.1) is 0 Å². The van der Waals surface area contributed by atoms with Crippen molar-refractivity contribution in [1.82, 2.24) is 4.90 Å². The highest BCUT2D eigenvalue weighted by atomic mass is 16.5. The standard InChI is InChI=1S/C11H21NO3/c1-9(2)3-4-12-5-6-15-10(8-12)7-11(13)14/h9-10H,3-8H2,1-2H3,(H,13,14). The van der Waals surface area contributed by atoms with Gasteiger partial charge in [0.25, 0.3) is 0 Å². The number of aliphatic carboxylic acids is 1. The van der Waals surface area contributed by atoms with E-state index in [1.807, 2.05) is 0 Å². The van der Waals surface area contributed by atoms with Crippen LogP contribution in [0.15, 0.2) is 0 Å². The van der Waals surface area contributed by atoms with Crippen LogP contribution in [0.4, 0.5) is 0 Å². The zero-order chi connectivity index (χ0) is 11.3. The summed E-state index contributed by atoms with van der Waals surface area (Å²) in [4.78, 5) is 12.8. The minimum absolute atomic E-state index is 0.122. The first-order valence-corrected chi connectivity index (χ1v) is 5.63. The molecule has 0 saturated carbocycles. The second-order valence-electron chi connectivity index (χ2n) is 4.57. The Labute approximate surface area is 91.2 Å². The van der Waals surface area contributed by atoms with Gasteiger partial charge < -0.3 is 9.84 Å². The van der Waals surface area contributed by atoms with Crippen LogP contribution in [0.3, 0.4) is 0 Å². The highest BCUT2D eigenvalue weighted by molar-refractivity contribution is 5.67. The lowest BCUT2D eigenvalue weighted by Gasteiger charge is -2.32. The number of carboxylic acid groups (broad SMARTS) is 1. The maximum atomic E-state index is 10.5. The highest BCUT2D eigenvalue weighted by Crippen LogP contribution is 2.10. The summed E-state index contributed by atoms with van der Waals surface area (Å²) < 4.78 is 5.40. The Hall–Kier alpha value is -0.610. The van der Waals surface area contributed by atoms with Crippen LogP contribution in [-0.4, -0.2) is 48.3 Å². The van der Waals surface area contributed by atoms with E-state index in [-0.39, 0.29) is 12.5 Å². The van der Waals surface area contributed by atoms with Gasteiger partial charge in [0.15, 0.2) is 0 Å². The zero-order valence-electron chi connectivity index (χ0n) is 9.61. The third-order valence-electron chi connectivity index (χ3n) is 2.65. The molecule has 0 aromatic carbocycles. The third-order valence-corrected chi connectivity index (χ3v) is 2.65. The Bertz CT molecular complexity index is 206. The van der Waals surface area contributed by atoms with Crippen LogP contribution >= 0.6 is 0 Å². The maximum Gasteiger partial charge on any atom is 0.306 e. The quantitative estimate of drug-likeness (QED) is 0.749. The van der Waals surface area contributed by atoms with Gasteiger partial charge in [0.2, 0.25) is 0 Å². The predicted molar refractivity (Wildman–Crippen MR) is 57.9 cm³/mol. The Morgan fingerprint density at radius 2 is 2.33 bits per heavy atom. The molecule has 0 spiro atoms. The van der Waals surface area contributed by atoms with Crippen molar-refractivity contribution in [2.75, 3.05) is 26.2 Å². The van der Waals surface area contributed by atoms with Crippen LogP contribution in [0, 0.1) is 5.92 Å². The molecule has 1 heterocycles. The van der Waals surface area contributed by atoms with Crippen LogP contribution in [0.2, 0.25) is 0 Å². The molecule has 15 heavy (non-hydrogen) atoms. The van der Waals surface area contributed by atoms with Crippen molar-refractivity contribution in [1.29, 1.82) is 0 Å². The second-order valence-corrected chi connectivity index (χ2v) is 4.57. The second kappa shape index (κ2) is 6.08. The molecule has 1 atom stereocenters. The van der Waals surface area contributed by atoms with E-state index in [2.05, 4.69) is 18.7 Å². The van der Waals surface area contributed by atoms with Crippen molar-refractivity contribution in [3.63, 3.8) is 0 Å². The summed E-state index contributed by atoms with van der Waals surface area (Å²) in [5.41, 5.74) is 0. The monoisotopic (exact) mass is 215 g/mol. The summed E-state index contributed by atoms with van der Waals surface area (Å²) in [6.07, 6.45) is 1.17. The summed E-state index contributed by atoms with van der Waals surface area (Å²) in [6, 6.07) is 0. The van der Waals surface area contributed by atoms with E-state index in [4.69, 9.17) is 9.84 Å². The smallest absolute Gasteiger partial charge is 0.306 e. The number of hydrogen-bond acceptors (Lipinski definition) is 3. The van der Waals surface area contributed by atoms with Gasteiger partial charge in [-0.2, -0.15) is 0 Å². The largest absolute Gasteiger partial charge is 0.481 e. The Morgan fingerprint density at radius 3 is 2.93 bits per heavy atom. The van der Waals surface area contributed by atoms with Gasteiger partial charge in [0, 0.05) is 13.1 Å². The number of carbonyl (C=O) groups is 1. The van der Waals surface area contributed by atoms with Crippen molar-refractivity contribution in [3.8, 4) is 0 Å². The normalized spacial score (nSPS) is 23.3. The molecule has 88 valence electrons. The molecule has 1 rings (SSSR count). The van der Waals surface area contributed by atoms with Crippen molar-refractivity contribution in [2.45, 2.75) is 32.8 Å². The predicted octanol–water partition coefficient (Wildman–Crippen LogP) is 1.21. The number of hydrogen-bond donors (Lipinski definition) is 1. The molecule has 0 amide bonds. The molecule has 4 heteroatoms. The number of morpholine rings is 1. The van der Waals surface area contributed by atoms with E-state index >= 15 is 0 Å². The maximum absolute atomic E-state index is 10.5. The summed E-state index contributed by atoms with van der Waals surface area (Å²) in [6.45, 7) is 7.82. The molecule has 0 aromatic heterocycles. The molecule has 1 saturated heterocycles. The third kappa shape index (κ3) is 5.14. The molecule has 0 aliphatic carbocycles. The first kappa shape index (κ1) is 12.5. The minimum Gasteiger partial charge on any atom is -0.481 e. The molecule has 4 nitrogen and oxygen atoms in total. The summed E-state index contributed by atoms with van der Waals surface area (Å²) in [7, 11) is 0. The number of ether oxygens (including phenoxy) is 1. The summed E-state index contributed by atoms with van der Waals surface area (Å²) in [5.74, 6) is -0.0727. The Kier molecular flexibility index (Phi) is 5.05. The minimum atomic E-state index is -0.772. The summed E-state index contributed by atoms with van der Waals surface area (Å²) >= 11 is 0. The van der Waals surface area contributed by atoms with E-state index in [1.54, 1.807) is 0 Å². The average Bonchev–Trinajstić information content (AvgIpc) is 2.14. The van der Waals surface area contributed by atoms with Gasteiger partial charge in [-0.1, -0.05) is 13.8 Å². The lowest BCUT2D eigenvalue weighted by Crippen LogP contribution is -2.43. The molecule has 1 aliphatic heterocycles. The fraction of sp³-hybridized carbons (Fsp3) is 0.909. The van der Waals surface area contributed by atoms with Crippen molar-refractivity contribution < 1.29 is 14.6 Å². The van der Waals surface area contributed by atoms with Crippen LogP contribution in [0.25, 0.3) is 0 Å². The van der Waals surface area contributed by atoms with Gasteiger partial charge in [-0.3, -0.25) is 9.69 Å². The van der Waals surface area contributed by atoms with E-state index < -0.39 is 5.97 Å². The van der Waals surface area contributed by atoms with Crippen molar-refractivity contribution in [3.05, 3.63) is 0 Å². The van der Waals surface area contributed by atoms with Gasteiger partial charge in [-0.05, 0) is 18.9 Å². The van der Waals surface area contributed by atoms with Crippen LogP contribution in [0.5, 0.6) is 0 Å². The van der Waals surface area contributed by atoms with E-state index in [1.165, 1.54) is 6.42 Å². The van der Waals surface area contributed by atoms with Gasteiger partial charge in [0.05, 0.1) is 19.1 Å². The number of nitrogens with zero attached hydrogens (tertiary/aromatic N) is 1. The number of carboxylic acids is 1. The van der Waals surface area contributed by atoms with Gasteiger partial charge in [0.1, 0.15) is 0 Å². The lowest BCUT2D eigenvalue weighted by molar-refractivity contribution is -0.142. The molecule has 1 fully saturated rings. The molecular formula is C11H21NO3. The average molecular weight is 215 g/mol. The molecule has 0 aromatic rings. The Balaban J connectivity index is 2.25. The molecule has 1 aliphatic rings. The molecule has 0 radical (unpaired) electrons. The van der Waals surface area contributed by atoms with Crippen LogP contribution in [0.1, 0.15) is 26.7 Å². The van der Waals surface area contributed by atoms with E-state index in [0.717, 1.165) is 19.6 Å². The van der Waals surface area contributed by atoms with Crippen molar-refractivity contribution >= 4 is 5.97 Å². The fourth-order valence-electron chi connectivity index (χ4n) is 1.74. The number of rotatable bonds is 5. The first-order chi connectivity index (χ1) is 7.08. The highest BCUT2D eigenvalue weighted by Gasteiger charge is 2.22. The molecule has 1 unspecified atom stereocenters. The molecule has 1 N–H and O–H groups in total. The van der Waals surface area contributed by atoms with Crippen LogP contribution in [-0.2, 0) is 9.53 Å². The lowest BCUT2D eigenvalue weighted by atomic mass is 10.1. The first-order valence-electron chi connectivity index (χ1n) is 5.63. The summed E-state index contributed by atoms with van der Waals surface area (Å²) in [5, 5.41) is 8.67. The van der Waals surface area contributed by atoms with E-state index in [0.29, 0.717) is 12.5 Å². The van der Waals surface area contributed by atoms with Crippen molar-refractivity contribution in [2.24, 2.45) is 5.92 Å². The molecular weight excluding hydrogens is 194 g/mol. The van der Waals surface area contributed by atoms with Crippen LogP contribution < -0.4 is 0 Å². The van der Waals surface area contributed by atoms with Gasteiger partial charge >= 0.3 is 5.97 Å². The fourth-order valence-corrected chi connectivity index (χ4v) is 1.74.